The molecular weight excluding hydrogens is 514 g/mol. The summed E-state index contributed by atoms with van der Waals surface area (Å²) in [5, 5.41) is 6.46. The molecule has 206 valence electrons. The molecule has 0 bridgehead atoms. The fraction of sp³-hybridized carbons (Fsp3) is 0.407. The topological polar surface area (TPSA) is 89.7 Å². The van der Waals surface area contributed by atoms with E-state index in [1.165, 1.54) is 17.8 Å². The zero-order chi connectivity index (χ0) is 28.3. The van der Waals surface area contributed by atoms with E-state index in [0.717, 1.165) is 29.3 Å². The van der Waals surface area contributed by atoms with Crippen LogP contribution in [0.5, 0.6) is 0 Å². The lowest BCUT2D eigenvalue weighted by atomic mass is 9.85. The van der Waals surface area contributed by atoms with Crippen LogP contribution in [0.25, 0.3) is 16.9 Å². The molecule has 4 aromatic rings. The highest BCUT2D eigenvalue weighted by Crippen LogP contribution is 2.31. The van der Waals surface area contributed by atoms with Gasteiger partial charge in [0.2, 0.25) is 5.95 Å². The Morgan fingerprint density at radius 3 is 2.54 bits per heavy atom. The maximum atomic E-state index is 14.6. The van der Waals surface area contributed by atoms with Crippen LogP contribution in [0.3, 0.4) is 0 Å². The van der Waals surface area contributed by atoms with E-state index in [4.69, 9.17) is 0 Å². The molecule has 0 fully saturated rings. The van der Waals surface area contributed by atoms with Crippen molar-refractivity contribution in [2.24, 2.45) is 0 Å². The van der Waals surface area contributed by atoms with E-state index >= 15 is 0 Å². The fourth-order valence-corrected chi connectivity index (χ4v) is 4.93. The molecule has 4 heterocycles. The molecule has 12 heteroatoms. The summed E-state index contributed by atoms with van der Waals surface area (Å²) < 4.78 is 56.7. The molecule has 0 atom stereocenters. The Kier molecular flexibility index (Phi) is 6.28. The van der Waals surface area contributed by atoms with E-state index in [1.54, 1.807) is 20.8 Å². The van der Waals surface area contributed by atoms with Crippen molar-refractivity contribution < 1.29 is 17.6 Å². The maximum absolute atomic E-state index is 14.6. The molecule has 3 aromatic heterocycles. The average Bonchev–Trinajstić information content (AvgIpc) is 3.08. The summed E-state index contributed by atoms with van der Waals surface area (Å²) in [7, 11) is 0. The normalized spacial score (nSPS) is 15.4. The van der Waals surface area contributed by atoms with Gasteiger partial charge in [-0.1, -0.05) is 26.8 Å². The third-order valence-corrected chi connectivity index (χ3v) is 6.76. The lowest BCUT2D eigenvalue weighted by Crippen LogP contribution is -2.42. The second-order valence-electron chi connectivity index (χ2n) is 11.3. The number of hydrogen-bond donors (Lipinski definition) is 2. The minimum atomic E-state index is -4.71. The highest BCUT2D eigenvalue weighted by Gasteiger charge is 2.33. The Labute approximate surface area is 222 Å². The standard InChI is InChI=1S/C27H29F4N7O/c1-25(2,3)21-19(28)8-9-20(35-21)38-22-17(23(39)37(38)14-27(29,30)31)13-32-24(36-22)34-16-6-7-18-15(12-16)10-11-33-26(18,4)5/h6-9,12-13,33H,10-11,14H2,1-5H3,(H,32,34,36). The van der Waals surface area contributed by atoms with Crippen molar-refractivity contribution in [3.63, 3.8) is 0 Å². The van der Waals surface area contributed by atoms with Crippen LogP contribution in [0.1, 0.15) is 51.4 Å². The van der Waals surface area contributed by atoms with Crippen LogP contribution in [0, 0.1) is 5.82 Å². The van der Waals surface area contributed by atoms with Gasteiger partial charge in [-0.05, 0) is 62.2 Å². The first-order chi connectivity index (χ1) is 18.1. The van der Waals surface area contributed by atoms with Gasteiger partial charge < -0.3 is 10.6 Å². The predicted molar refractivity (Wildman–Crippen MR) is 140 cm³/mol. The average molecular weight is 544 g/mol. The number of benzene rings is 1. The van der Waals surface area contributed by atoms with Crippen molar-refractivity contribution in [3.8, 4) is 5.82 Å². The third kappa shape index (κ3) is 5.12. The Balaban J connectivity index is 1.64. The summed E-state index contributed by atoms with van der Waals surface area (Å²) in [4.78, 5) is 26.0. The number of fused-ring (bicyclic) bond motifs is 2. The SMILES string of the molecule is CC(C)(C)c1nc(-n2c3nc(Nc4ccc5c(c4)CCNC5(C)C)ncc3c(=O)n2CC(F)(F)F)ccc1F. The van der Waals surface area contributed by atoms with Crippen molar-refractivity contribution >= 4 is 22.7 Å². The lowest BCUT2D eigenvalue weighted by Gasteiger charge is -2.34. The molecule has 1 aliphatic rings. The molecule has 1 aliphatic heterocycles. The fourth-order valence-electron chi connectivity index (χ4n) is 4.93. The van der Waals surface area contributed by atoms with Gasteiger partial charge in [-0.2, -0.15) is 18.2 Å². The molecular formula is C27H29F4N7O. The number of hydrogen-bond acceptors (Lipinski definition) is 6. The first-order valence-electron chi connectivity index (χ1n) is 12.5. The summed E-state index contributed by atoms with van der Waals surface area (Å²) in [6.07, 6.45) is -2.68. The summed E-state index contributed by atoms with van der Waals surface area (Å²) in [5.74, 6) is -0.576. The van der Waals surface area contributed by atoms with Crippen molar-refractivity contribution in [3.05, 3.63) is 69.5 Å². The molecule has 0 radical (unpaired) electrons. The first kappa shape index (κ1) is 26.8. The van der Waals surface area contributed by atoms with Gasteiger partial charge >= 0.3 is 6.18 Å². The molecule has 5 rings (SSSR count). The second-order valence-corrected chi connectivity index (χ2v) is 11.3. The summed E-state index contributed by atoms with van der Waals surface area (Å²) >= 11 is 0. The Morgan fingerprint density at radius 1 is 1.10 bits per heavy atom. The van der Waals surface area contributed by atoms with Crippen LogP contribution in [-0.2, 0) is 23.9 Å². The maximum Gasteiger partial charge on any atom is 0.408 e. The quantitative estimate of drug-likeness (QED) is 0.348. The van der Waals surface area contributed by atoms with Crippen LogP contribution in [0.4, 0.5) is 29.2 Å². The van der Waals surface area contributed by atoms with Crippen LogP contribution >= 0.6 is 0 Å². The molecule has 0 amide bonds. The van der Waals surface area contributed by atoms with E-state index in [1.807, 2.05) is 18.2 Å². The number of anilines is 2. The van der Waals surface area contributed by atoms with Crippen LogP contribution in [-0.4, -0.2) is 37.0 Å². The summed E-state index contributed by atoms with van der Waals surface area (Å²) in [6.45, 7) is 8.66. The van der Waals surface area contributed by atoms with Gasteiger partial charge in [0.1, 0.15) is 17.7 Å². The lowest BCUT2D eigenvalue weighted by molar-refractivity contribution is -0.144. The van der Waals surface area contributed by atoms with Crippen LogP contribution in [0.15, 0.2) is 41.3 Å². The van der Waals surface area contributed by atoms with Gasteiger partial charge in [0.15, 0.2) is 11.5 Å². The number of halogens is 4. The predicted octanol–water partition coefficient (Wildman–Crippen LogP) is 5.10. The zero-order valence-electron chi connectivity index (χ0n) is 22.2. The molecule has 0 aliphatic carbocycles. The van der Waals surface area contributed by atoms with E-state index in [9.17, 15) is 22.4 Å². The highest BCUT2D eigenvalue weighted by atomic mass is 19.4. The minimum absolute atomic E-state index is 0.0479. The smallest absolute Gasteiger partial charge is 0.324 e. The van der Waals surface area contributed by atoms with Crippen molar-refractivity contribution in [2.45, 2.75) is 64.7 Å². The van der Waals surface area contributed by atoms with E-state index in [0.29, 0.717) is 10.4 Å². The molecule has 0 spiro atoms. The number of nitrogens with zero attached hydrogens (tertiary/aromatic N) is 5. The number of rotatable bonds is 4. The Morgan fingerprint density at radius 2 is 1.85 bits per heavy atom. The van der Waals surface area contributed by atoms with Crippen molar-refractivity contribution in [1.82, 2.24) is 29.6 Å². The van der Waals surface area contributed by atoms with E-state index in [2.05, 4.69) is 39.4 Å². The molecule has 2 N–H and O–H groups in total. The van der Waals surface area contributed by atoms with Crippen LogP contribution < -0.4 is 16.2 Å². The van der Waals surface area contributed by atoms with Gasteiger partial charge in [-0.15, -0.1) is 0 Å². The number of pyridine rings is 1. The summed E-state index contributed by atoms with van der Waals surface area (Å²) in [5.41, 5.74) is 1.15. The molecule has 39 heavy (non-hydrogen) atoms. The van der Waals surface area contributed by atoms with Crippen molar-refractivity contribution in [1.29, 1.82) is 0 Å². The second kappa shape index (κ2) is 9.15. The van der Waals surface area contributed by atoms with Gasteiger partial charge in [0.05, 0.1) is 5.69 Å². The Bertz CT molecular complexity index is 1630. The van der Waals surface area contributed by atoms with E-state index < -0.39 is 29.5 Å². The summed E-state index contributed by atoms with van der Waals surface area (Å²) in [6, 6.07) is 8.23. The molecule has 0 saturated carbocycles. The molecule has 0 unspecified atom stereocenters. The highest BCUT2D eigenvalue weighted by molar-refractivity contribution is 5.77. The van der Waals surface area contributed by atoms with Crippen molar-refractivity contribution in [2.75, 3.05) is 11.9 Å². The van der Waals surface area contributed by atoms with Gasteiger partial charge in [0, 0.05) is 22.8 Å². The number of aromatic nitrogens is 5. The zero-order valence-corrected chi connectivity index (χ0v) is 22.2. The molecule has 1 aromatic carbocycles. The molecule has 8 nitrogen and oxygen atoms in total. The molecule has 0 saturated heterocycles. The first-order valence-corrected chi connectivity index (χ1v) is 12.5. The van der Waals surface area contributed by atoms with Gasteiger partial charge in [-0.25, -0.2) is 23.7 Å². The van der Waals surface area contributed by atoms with Gasteiger partial charge in [-0.3, -0.25) is 4.79 Å². The largest absolute Gasteiger partial charge is 0.408 e. The Hall–Kier alpha value is -3.80. The minimum Gasteiger partial charge on any atom is -0.324 e. The number of alkyl halides is 3. The van der Waals surface area contributed by atoms with E-state index in [-0.39, 0.29) is 34.0 Å². The monoisotopic (exact) mass is 543 g/mol. The van der Waals surface area contributed by atoms with Crippen LogP contribution in [0.2, 0.25) is 0 Å². The van der Waals surface area contributed by atoms with Gasteiger partial charge in [0.25, 0.3) is 5.56 Å². The number of nitrogens with one attached hydrogen (secondary N) is 2. The third-order valence-electron chi connectivity index (χ3n) is 6.76.